The number of nitrogens with one attached hydrogen (secondary N) is 1. The van der Waals surface area contributed by atoms with E-state index in [9.17, 15) is 19.7 Å². The molecule has 1 amide bonds. The summed E-state index contributed by atoms with van der Waals surface area (Å²) in [5.41, 5.74) is 0.218. The number of anilines is 1. The molecule has 0 aliphatic rings. The molecule has 142 valence electrons. The van der Waals surface area contributed by atoms with Crippen LogP contribution in [0.15, 0.2) is 71.7 Å². The maximum atomic E-state index is 12.5. The van der Waals surface area contributed by atoms with E-state index in [4.69, 9.17) is 16.4 Å². The van der Waals surface area contributed by atoms with Crippen LogP contribution in [-0.4, -0.2) is 15.6 Å². The summed E-state index contributed by atoms with van der Waals surface area (Å²) in [6.45, 7) is 0.0912. The number of amides is 1. The first-order valence-electron chi connectivity index (χ1n) is 8.09. The van der Waals surface area contributed by atoms with Crippen molar-refractivity contribution in [2.45, 2.75) is 6.61 Å². The second-order valence-electron chi connectivity index (χ2n) is 5.71. The van der Waals surface area contributed by atoms with Gasteiger partial charge >= 0.3 is 0 Å². The van der Waals surface area contributed by atoms with Crippen LogP contribution in [0.25, 0.3) is 0 Å². The minimum atomic E-state index is -0.653. The lowest BCUT2D eigenvalue weighted by molar-refractivity contribution is -0.384. The summed E-state index contributed by atoms with van der Waals surface area (Å²) in [6, 6.07) is 15.1. The molecule has 0 unspecified atom stereocenters. The van der Waals surface area contributed by atoms with Gasteiger partial charge < -0.3 is 10.2 Å². The van der Waals surface area contributed by atoms with Crippen LogP contribution in [0.5, 0.6) is 0 Å². The van der Waals surface area contributed by atoms with Crippen molar-refractivity contribution in [3.8, 4) is 0 Å². The van der Waals surface area contributed by atoms with Crippen LogP contribution < -0.4 is 15.7 Å². The van der Waals surface area contributed by atoms with Crippen molar-refractivity contribution < 1.29 is 14.6 Å². The Morgan fingerprint density at radius 3 is 2.57 bits per heavy atom. The SMILES string of the molecule is O=C(Nc1ccc([N+](=O)[O-])cc1)c1cccn(OCc2cccc(Cl)c2)c1=O. The second kappa shape index (κ2) is 8.36. The highest BCUT2D eigenvalue weighted by molar-refractivity contribution is 6.30. The molecule has 0 aliphatic carbocycles. The lowest BCUT2D eigenvalue weighted by Crippen LogP contribution is -2.32. The Kier molecular flexibility index (Phi) is 5.71. The smallest absolute Gasteiger partial charge is 0.295 e. The molecular weight excluding hydrogens is 386 g/mol. The fourth-order valence-corrected chi connectivity index (χ4v) is 2.60. The molecule has 8 nitrogen and oxygen atoms in total. The third-order valence-corrected chi connectivity index (χ3v) is 3.99. The molecule has 3 aromatic rings. The number of carbonyl (C=O) groups excluding carboxylic acids is 1. The van der Waals surface area contributed by atoms with E-state index in [1.807, 2.05) is 0 Å². The number of nitro groups is 1. The van der Waals surface area contributed by atoms with Gasteiger partial charge in [-0.2, -0.15) is 4.73 Å². The molecule has 9 heteroatoms. The first-order valence-corrected chi connectivity index (χ1v) is 8.47. The van der Waals surface area contributed by atoms with Crippen LogP contribution in [-0.2, 0) is 6.61 Å². The van der Waals surface area contributed by atoms with Crippen molar-refractivity contribution in [2.24, 2.45) is 0 Å². The summed E-state index contributed by atoms with van der Waals surface area (Å²) in [5, 5.41) is 13.7. The third kappa shape index (κ3) is 4.54. The molecule has 2 aromatic carbocycles. The number of aromatic nitrogens is 1. The molecule has 0 radical (unpaired) electrons. The summed E-state index contributed by atoms with van der Waals surface area (Å²) in [5.74, 6) is -0.653. The van der Waals surface area contributed by atoms with Crippen molar-refractivity contribution in [1.82, 2.24) is 4.73 Å². The molecule has 3 rings (SSSR count). The van der Waals surface area contributed by atoms with Gasteiger partial charge in [0, 0.05) is 29.0 Å². The van der Waals surface area contributed by atoms with E-state index in [1.165, 1.54) is 42.6 Å². The van der Waals surface area contributed by atoms with Crippen molar-refractivity contribution in [1.29, 1.82) is 0 Å². The maximum Gasteiger partial charge on any atom is 0.295 e. The topological polar surface area (TPSA) is 103 Å². The van der Waals surface area contributed by atoms with E-state index in [2.05, 4.69) is 5.32 Å². The molecule has 0 saturated carbocycles. The predicted octanol–water partition coefficient (Wildman–Crippen LogP) is 3.29. The number of rotatable bonds is 6. The highest BCUT2D eigenvalue weighted by Gasteiger charge is 2.14. The van der Waals surface area contributed by atoms with Gasteiger partial charge in [-0.1, -0.05) is 23.7 Å². The van der Waals surface area contributed by atoms with Gasteiger partial charge in [-0.15, -0.1) is 0 Å². The molecule has 28 heavy (non-hydrogen) atoms. The molecule has 1 aromatic heterocycles. The normalized spacial score (nSPS) is 10.3. The summed E-state index contributed by atoms with van der Waals surface area (Å²) in [6.07, 6.45) is 1.40. The van der Waals surface area contributed by atoms with Gasteiger partial charge in [0.2, 0.25) is 0 Å². The van der Waals surface area contributed by atoms with Crippen LogP contribution in [0.2, 0.25) is 5.02 Å². The van der Waals surface area contributed by atoms with Crippen LogP contribution in [0.4, 0.5) is 11.4 Å². The first-order chi connectivity index (χ1) is 13.4. The van der Waals surface area contributed by atoms with Gasteiger partial charge in [-0.05, 0) is 42.0 Å². The molecule has 0 fully saturated rings. The quantitative estimate of drug-likeness (QED) is 0.506. The summed E-state index contributed by atoms with van der Waals surface area (Å²) in [7, 11) is 0. The zero-order valence-corrected chi connectivity index (χ0v) is 15.1. The second-order valence-corrected chi connectivity index (χ2v) is 6.15. The van der Waals surface area contributed by atoms with Gasteiger partial charge in [0.15, 0.2) is 0 Å². The number of hydrogen-bond acceptors (Lipinski definition) is 5. The Bertz CT molecular complexity index is 1080. The van der Waals surface area contributed by atoms with Crippen LogP contribution in [0.1, 0.15) is 15.9 Å². The Morgan fingerprint density at radius 2 is 1.89 bits per heavy atom. The summed E-state index contributed by atoms with van der Waals surface area (Å²) >= 11 is 5.91. The molecule has 0 aliphatic heterocycles. The average Bonchev–Trinajstić information content (AvgIpc) is 2.67. The number of non-ortho nitro benzene ring substituents is 1. The largest absolute Gasteiger partial charge is 0.406 e. The zero-order chi connectivity index (χ0) is 20.1. The Morgan fingerprint density at radius 1 is 1.14 bits per heavy atom. The summed E-state index contributed by atoms with van der Waals surface area (Å²) in [4.78, 5) is 40.5. The van der Waals surface area contributed by atoms with Gasteiger partial charge in [0.1, 0.15) is 12.2 Å². The molecule has 1 N–H and O–H groups in total. The minimum absolute atomic E-state index is 0.0912. The van der Waals surface area contributed by atoms with E-state index >= 15 is 0 Å². The number of hydrogen-bond donors (Lipinski definition) is 1. The number of carbonyl (C=O) groups is 1. The fourth-order valence-electron chi connectivity index (χ4n) is 2.39. The highest BCUT2D eigenvalue weighted by Crippen LogP contribution is 2.16. The maximum absolute atomic E-state index is 12.5. The van der Waals surface area contributed by atoms with E-state index in [0.29, 0.717) is 10.7 Å². The number of nitro benzene ring substituents is 1. The van der Waals surface area contributed by atoms with E-state index in [-0.39, 0.29) is 17.9 Å². The zero-order valence-electron chi connectivity index (χ0n) is 14.4. The fraction of sp³-hybridized carbons (Fsp3) is 0.0526. The average molecular weight is 400 g/mol. The number of nitrogens with zero attached hydrogens (tertiary/aromatic N) is 2. The third-order valence-electron chi connectivity index (χ3n) is 3.75. The molecular formula is C19H14ClN3O5. The number of benzene rings is 2. The Hall–Kier alpha value is -3.65. The van der Waals surface area contributed by atoms with Crippen molar-refractivity contribution >= 4 is 28.9 Å². The van der Waals surface area contributed by atoms with Crippen molar-refractivity contribution in [3.63, 3.8) is 0 Å². The Labute approximate surface area is 164 Å². The van der Waals surface area contributed by atoms with Crippen molar-refractivity contribution in [2.75, 3.05) is 5.32 Å². The van der Waals surface area contributed by atoms with E-state index in [0.717, 1.165) is 10.3 Å². The Balaban J connectivity index is 1.73. The first kappa shape index (κ1) is 19.1. The van der Waals surface area contributed by atoms with Crippen LogP contribution in [0, 0.1) is 10.1 Å². The van der Waals surface area contributed by atoms with Gasteiger partial charge in [-0.3, -0.25) is 19.7 Å². The minimum Gasteiger partial charge on any atom is -0.406 e. The molecule has 0 bridgehead atoms. The van der Waals surface area contributed by atoms with Crippen LogP contribution in [0.3, 0.4) is 0 Å². The van der Waals surface area contributed by atoms with Gasteiger partial charge in [-0.25, -0.2) is 0 Å². The number of halogens is 1. The number of pyridine rings is 1. The standard InChI is InChI=1S/C19H14ClN3O5/c20-14-4-1-3-13(11-14)12-28-22-10-2-5-17(19(22)25)18(24)21-15-6-8-16(9-7-15)23(26)27/h1-11H,12H2,(H,21,24). The van der Waals surface area contributed by atoms with Gasteiger partial charge in [0.25, 0.3) is 17.2 Å². The van der Waals surface area contributed by atoms with E-state index in [1.54, 1.807) is 24.3 Å². The van der Waals surface area contributed by atoms with Crippen LogP contribution >= 0.6 is 11.6 Å². The molecule has 1 heterocycles. The molecule has 0 atom stereocenters. The molecule has 0 saturated heterocycles. The highest BCUT2D eigenvalue weighted by atomic mass is 35.5. The van der Waals surface area contributed by atoms with Gasteiger partial charge in [0.05, 0.1) is 4.92 Å². The van der Waals surface area contributed by atoms with E-state index < -0.39 is 16.4 Å². The summed E-state index contributed by atoms with van der Waals surface area (Å²) < 4.78 is 0.964. The lowest BCUT2D eigenvalue weighted by Gasteiger charge is -2.10. The monoisotopic (exact) mass is 399 g/mol. The predicted molar refractivity (Wildman–Crippen MR) is 103 cm³/mol. The van der Waals surface area contributed by atoms with Crippen molar-refractivity contribution in [3.05, 3.63) is 103 Å². The molecule has 0 spiro atoms. The lowest BCUT2D eigenvalue weighted by atomic mass is 10.2.